The van der Waals surface area contributed by atoms with Crippen LogP contribution in [0.25, 0.3) is 0 Å². The molecule has 136 valence electrons. The molecule has 1 aromatic carbocycles. The number of carbonyl (C=O) groups is 2. The minimum Gasteiger partial charge on any atom is -0.378 e. The summed E-state index contributed by atoms with van der Waals surface area (Å²) in [6.45, 7) is 0.727. The number of hydrogen-bond donors (Lipinski definition) is 2. The van der Waals surface area contributed by atoms with Crippen molar-refractivity contribution in [1.29, 1.82) is 0 Å². The van der Waals surface area contributed by atoms with Crippen molar-refractivity contribution in [1.82, 2.24) is 5.32 Å². The molecule has 1 saturated heterocycles. The Kier molecular flexibility index (Phi) is 6.32. The second-order valence-electron chi connectivity index (χ2n) is 6.89. The molecule has 2 aliphatic rings. The molecule has 1 aromatic rings. The Hall–Kier alpha value is -1.59. The van der Waals surface area contributed by atoms with Gasteiger partial charge in [0, 0.05) is 18.3 Å². The third kappa shape index (κ3) is 5.19. The first-order valence-electron chi connectivity index (χ1n) is 9.13. The second-order valence-corrected chi connectivity index (χ2v) is 7.30. The predicted octanol–water partition coefficient (Wildman–Crippen LogP) is 3.91. The Bertz CT molecular complexity index is 623. The first-order valence-corrected chi connectivity index (χ1v) is 9.51. The maximum Gasteiger partial charge on any atom is 0.253 e. The lowest BCUT2D eigenvalue weighted by atomic mass is 9.95. The first kappa shape index (κ1) is 18.2. The first-order chi connectivity index (χ1) is 12.1. The quantitative estimate of drug-likeness (QED) is 0.832. The van der Waals surface area contributed by atoms with Gasteiger partial charge in [0.25, 0.3) is 5.91 Å². The van der Waals surface area contributed by atoms with Crippen molar-refractivity contribution >= 4 is 29.1 Å². The average molecular weight is 365 g/mol. The van der Waals surface area contributed by atoms with Crippen LogP contribution in [0.15, 0.2) is 18.2 Å². The molecule has 2 amide bonds. The van der Waals surface area contributed by atoms with Crippen molar-refractivity contribution < 1.29 is 14.3 Å². The van der Waals surface area contributed by atoms with Gasteiger partial charge in [-0.25, -0.2) is 0 Å². The SMILES string of the molecule is O=C(CC1CCCO1)Nc1ccc(Cl)c(C(=O)NC2CCCCC2)c1. The number of nitrogens with one attached hydrogen (secondary N) is 2. The fourth-order valence-corrected chi connectivity index (χ4v) is 3.71. The summed E-state index contributed by atoms with van der Waals surface area (Å²) in [6, 6.07) is 5.23. The molecule has 3 rings (SSSR count). The third-order valence-electron chi connectivity index (χ3n) is 4.87. The summed E-state index contributed by atoms with van der Waals surface area (Å²) >= 11 is 6.19. The number of carbonyl (C=O) groups excluding carboxylic acids is 2. The average Bonchev–Trinajstić information content (AvgIpc) is 3.10. The van der Waals surface area contributed by atoms with Gasteiger partial charge in [-0.1, -0.05) is 30.9 Å². The van der Waals surface area contributed by atoms with E-state index in [0.29, 0.717) is 22.7 Å². The van der Waals surface area contributed by atoms with Crippen molar-refractivity contribution in [3.63, 3.8) is 0 Å². The Morgan fingerprint density at radius 1 is 1.12 bits per heavy atom. The lowest BCUT2D eigenvalue weighted by Gasteiger charge is -2.23. The van der Waals surface area contributed by atoms with Gasteiger partial charge in [-0.05, 0) is 43.9 Å². The zero-order valence-corrected chi connectivity index (χ0v) is 15.1. The van der Waals surface area contributed by atoms with Crippen LogP contribution in [-0.4, -0.2) is 30.6 Å². The lowest BCUT2D eigenvalue weighted by molar-refractivity contribution is -0.118. The van der Waals surface area contributed by atoms with Crippen molar-refractivity contribution in [3.8, 4) is 0 Å². The highest BCUT2D eigenvalue weighted by atomic mass is 35.5. The van der Waals surface area contributed by atoms with E-state index in [1.54, 1.807) is 18.2 Å². The number of hydrogen-bond acceptors (Lipinski definition) is 3. The molecule has 5 nitrogen and oxygen atoms in total. The van der Waals surface area contributed by atoms with Gasteiger partial charge >= 0.3 is 0 Å². The summed E-state index contributed by atoms with van der Waals surface area (Å²) in [5, 5.41) is 6.29. The van der Waals surface area contributed by atoms with Gasteiger partial charge in [-0.2, -0.15) is 0 Å². The number of rotatable bonds is 5. The zero-order chi connectivity index (χ0) is 17.6. The zero-order valence-electron chi connectivity index (χ0n) is 14.4. The predicted molar refractivity (Wildman–Crippen MR) is 98.0 cm³/mol. The fourth-order valence-electron chi connectivity index (χ4n) is 3.51. The van der Waals surface area contributed by atoms with Crippen LogP contribution in [-0.2, 0) is 9.53 Å². The van der Waals surface area contributed by atoms with Gasteiger partial charge < -0.3 is 15.4 Å². The van der Waals surface area contributed by atoms with Crippen LogP contribution in [0.3, 0.4) is 0 Å². The van der Waals surface area contributed by atoms with Crippen molar-refractivity contribution in [2.45, 2.75) is 63.5 Å². The molecule has 1 aliphatic carbocycles. The van der Waals surface area contributed by atoms with Gasteiger partial charge in [-0.15, -0.1) is 0 Å². The second kappa shape index (κ2) is 8.68. The van der Waals surface area contributed by atoms with Crippen LogP contribution in [0.1, 0.15) is 61.7 Å². The summed E-state index contributed by atoms with van der Waals surface area (Å²) in [5.41, 5.74) is 0.989. The van der Waals surface area contributed by atoms with Gasteiger partial charge in [-0.3, -0.25) is 9.59 Å². The normalized spacial score (nSPS) is 21.1. The minimum absolute atomic E-state index is 0.00127. The van der Waals surface area contributed by atoms with Crippen LogP contribution >= 0.6 is 11.6 Å². The van der Waals surface area contributed by atoms with Gasteiger partial charge in [0.15, 0.2) is 0 Å². The molecule has 0 radical (unpaired) electrons. The van der Waals surface area contributed by atoms with E-state index in [1.807, 2.05) is 0 Å². The van der Waals surface area contributed by atoms with E-state index in [-0.39, 0.29) is 24.0 Å². The van der Waals surface area contributed by atoms with Gasteiger partial charge in [0.2, 0.25) is 5.91 Å². The molecule has 2 fully saturated rings. The number of amides is 2. The highest BCUT2D eigenvalue weighted by molar-refractivity contribution is 6.34. The number of benzene rings is 1. The van der Waals surface area contributed by atoms with E-state index in [0.717, 1.165) is 45.1 Å². The van der Waals surface area contributed by atoms with Crippen molar-refractivity contribution in [3.05, 3.63) is 28.8 Å². The van der Waals surface area contributed by atoms with E-state index in [4.69, 9.17) is 16.3 Å². The number of ether oxygens (including phenoxy) is 1. The monoisotopic (exact) mass is 364 g/mol. The summed E-state index contributed by atoms with van der Waals surface area (Å²) in [7, 11) is 0. The smallest absolute Gasteiger partial charge is 0.253 e. The Labute approximate surface area is 153 Å². The summed E-state index contributed by atoms with van der Waals surface area (Å²) in [6.07, 6.45) is 7.83. The van der Waals surface area contributed by atoms with Crippen LogP contribution in [0.5, 0.6) is 0 Å². The van der Waals surface area contributed by atoms with Gasteiger partial charge in [0.05, 0.1) is 23.1 Å². The minimum atomic E-state index is -0.174. The third-order valence-corrected chi connectivity index (χ3v) is 5.20. The van der Waals surface area contributed by atoms with E-state index < -0.39 is 0 Å². The summed E-state index contributed by atoms with van der Waals surface area (Å²) in [4.78, 5) is 24.6. The van der Waals surface area contributed by atoms with Crippen LogP contribution in [0.4, 0.5) is 5.69 Å². The Morgan fingerprint density at radius 3 is 2.64 bits per heavy atom. The molecule has 25 heavy (non-hydrogen) atoms. The molecule has 1 atom stereocenters. The van der Waals surface area contributed by atoms with Crippen molar-refractivity contribution in [2.24, 2.45) is 0 Å². The van der Waals surface area contributed by atoms with E-state index in [9.17, 15) is 9.59 Å². The van der Waals surface area contributed by atoms with Gasteiger partial charge in [0.1, 0.15) is 0 Å². The highest BCUT2D eigenvalue weighted by Crippen LogP contribution is 2.23. The molecule has 0 bridgehead atoms. The van der Waals surface area contributed by atoms with Crippen LogP contribution < -0.4 is 10.6 Å². The summed E-state index contributed by atoms with van der Waals surface area (Å²) in [5.74, 6) is -0.278. The molecule has 0 spiro atoms. The molecule has 1 unspecified atom stereocenters. The van der Waals surface area contributed by atoms with E-state index in [2.05, 4.69) is 10.6 Å². The number of halogens is 1. The van der Waals surface area contributed by atoms with E-state index in [1.165, 1.54) is 6.42 Å². The maximum atomic E-state index is 12.5. The molecule has 1 heterocycles. The molecule has 6 heteroatoms. The molecule has 1 saturated carbocycles. The lowest BCUT2D eigenvalue weighted by Crippen LogP contribution is -2.36. The largest absolute Gasteiger partial charge is 0.378 e. The topological polar surface area (TPSA) is 67.4 Å². The van der Waals surface area contributed by atoms with E-state index >= 15 is 0 Å². The van der Waals surface area contributed by atoms with Crippen LogP contribution in [0, 0.1) is 0 Å². The van der Waals surface area contributed by atoms with Crippen LogP contribution in [0.2, 0.25) is 5.02 Å². The number of anilines is 1. The summed E-state index contributed by atoms with van der Waals surface area (Å²) < 4.78 is 5.48. The maximum absolute atomic E-state index is 12.5. The molecule has 1 aliphatic heterocycles. The standard InChI is InChI=1S/C19H25ClN2O3/c20-17-9-8-14(21-18(23)12-15-7-4-10-25-15)11-16(17)19(24)22-13-5-2-1-3-6-13/h8-9,11,13,15H,1-7,10,12H2,(H,21,23)(H,22,24). The highest BCUT2D eigenvalue weighted by Gasteiger charge is 2.21. The Morgan fingerprint density at radius 2 is 1.92 bits per heavy atom. The molecular weight excluding hydrogens is 340 g/mol. The molecule has 0 aromatic heterocycles. The molecule has 2 N–H and O–H groups in total. The Balaban J connectivity index is 1.60. The van der Waals surface area contributed by atoms with Crippen molar-refractivity contribution in [2.75, 3.05) is 11.9 Å². The molecular formula is C19H25ClN2O3. The fraction of sp³-hybridized carbons (Fsp3) is 0.579.